The number of nitrogens with zero attached hydrogens (tertiary/aromatic N) is 1. The van der Waals surface area contributed by atoms with Crippen LogP contribution in [0.15, 0.2) is 48.5 Å². The summed E-state index contributed by atoms with van der Waals surface area (Å²) in [4.78, 5) is 2.46. The SMILES string of the molecule is CCN(CC)CCc1ccc(NC2NCC(c3ccc(OC)cc3)CN2)cc1. The summed E-state index contributed by atoms with van der Waals surface area (Å²) in [7, 11) is 1.70. The predicted octanol–water partition coefficient (Wildman–Crippen LogP) is 3.25. The molecule has 1 fully saturated rings. The van der Waals surface area contributed by atoms with Crippen LogP contribution >= 0.6 is 0 Å². The van der Waals surface area contributed by atoms with Crippen LogP contribution in [0.25, 0.3) is 0 Å². The van der Waals surface area contributed by atoms with E-state index >= 15 is 0 Å². The molecule has 0 bridgehead atoms. The van der Waals surface area contributed by atoms with Crippen molar-refractivity contribution < 1.29 is 4.74 Å². The van der Waals surface area contributed by atoms with Gasteiger partial charge in [-0.15, -0.1) is 0 Å². The lowest BCUT2D eigenvalue weighted by Gasteiger charge is -2.32. The third kappa shape index (κ3) is 5.71. The maximum absolute atomic E-state index is 5.24. The summed E-state index contributed by atoms with van der Waals surface area (Å²) in [6, 6.07) is 17.2. The second-order valence-corrected chi connectivity index (χ2v) is 7.34. The highest BCUT2D eigenvalue weighted by molar-refractivity contribution is 5.45. The maximum Gasteiger partial charge on any atom is 0.132 e. The lowest BCUT2D eigenvalue weighted by molar-refractivity contribution is 0.308. The Morgan fingerprint density at radius 1 is 0.964 bits per heavy atom. The van der Waals surface area contributed by atoms with E-state index in [2.05, 4.69) is 71.1 Å². The normalized spacial score (nSPS) is 19.6. The van der Waals surface area contributed by atoms with Gasteiger partial charge >= 0.3 is 0 Å². The summed E-state index contributed by atoms with van der Waals surface area (Å²) < 4.78 is 5.24. The van der Waals surface area contributed by atoms with Crippen molar-refractivity contribution in [1.82, 2.24) is 15.5 Å². The van der Waals surface area contributed by atoms with E-state index in [1.165, 1.54) is 11.1 Å². The molecular formula is C23H34N4O. The zero-order valence-electron chi connectivity index (χ0n) is 17.4. The van der Waals surface area contributed by atoms with Gasteiger partial charge in [-0.1, -0.05) is 38.1 Å². The van der Waals surface area contributed by atoms with Gasteiger partial charge in [0.2, 0.25) is 0 Å². The average Bonchev–Trinajstić information content (AvgIpc) is 2.76. The lowest BCUT2D eigenvalue weighted by Crippen LogP contribution is -2.55. The third-order valence-electron chi connectivity index (χ3n) is 5.60. The fourth-order valence-electron chi connectivity index (χ4n) is 3.64. The smallest absolute Gasteiger partial charge is 0.132 e. The van der Waals surface area contributed by atoms with Gasteiger partial charge in [0, 0.05) is 31.2 Å². The van der Waals surface area contributed by atoms with E-state index in [-0.39, 0.29) is 6.29 Å². The van der Waals surface area contributed by atoms with Crippen LogP contribution in [-0.4, -0.2) is 51.0 Å². The highest BCUT2D eigenvalue weighted by atomic mass is 16.5. The minimum atomic E-state index is 0.0935. The number of hydrogen-bond acceptors (Lipinski definition) is 5. The van der Waals surface area contributed by atoms with Crippen molar-refractivity contribution in [3.05, 3.63) is 59.7 Å². The van der Waals surface area contributed by atoms with Crippen molar-refractivity contribution in [1.29, 1.82) is 0 Å². The molecule has 5 nitrogen and oxygen atoms in total. The first kappa shape index (κ1) is 20.6. The molecule has 1 aliphatic rings. The summed E-state index contributed by atoms with van der Waals surface area (Å²) in [5, 5.41) is 10.6. The molecule has 28 heavy (non-hydrogen) atoms. The zero-order valence-corrected chi connectivity index (χ0v) is 17.4. The fourth-order valence-corrected chi connectivity index (χ4v) is 3.64. The summed E-state index contributed by atoms with van der Waals surface area (Å²) in [6.07, 6.45) is 1.20. The van der Waals surface area contributed by atoms with Crippen molar-refractivity contribution in [3.8, 4) is 5.75 Å². The molecule has 0 saturated carbocycles. The third-order valence-corrected chi connectivity index (χ3v) is 5.60. The van der Waals surface area contributed by atoms with Crippen molar-refractivity contribution in [2.75, 3.05) is 45.2 Å². The average molecular weight is 383 g/mol. The summed E-state index contributed by atoms with van der Waals surface area (Å²) in [5.74, 6) is 1.37. The first-order valence-electron chi connectivity index (χ1n) is 10.4. The Morgan fingerprint density at radius 3 is 2.18 bits per heavy atom. The molecule has 2 aromatic carbocycles. The van der Waals surface area contributed by atoms with Gasteiger partial charge in [-0.25, -0.2) is 0 Å². The van der Waals surface area contributed by atoms with Gasteiger partial charge in [-0.05, 0) is 54.9 Å². The first-order valence-corrected chi connectivity index (χ1v) is 10.4. The van der Waals surface area contributed by atoms with Crippen LogP contribution in [0, 0.1) is 0 Å². The Hall–Kier alpha value is -2.08. The number of methoxy groups -OCH3 is 1. The predicted molar refractivity (Wildman–Crippen MR) is 117 cm³/mol. The maximum atomic E-state index is 5.24. The Bertz CT molecular complexity index is 690. The van der Waals surface area contributed by atoms with Crippen molar-refractivity contribution >= 4 is 5.69 Å². The standard InChI is InChI=1S/C23H34N4O/c1-4-27(5-2)15-14-18-6-10-21(11-7-18)26-23-24-16-20(17-25-23)19-8-12-22(28-3)13-9-19/h6-13,20,23-26H,4-5,14-17H2,1-3H3. The Kier molecular flexibility index (Phi) is 7.71. The molecule has 0 aliphatic carbocycles. The fraction of sp³-hybridized carbons (Fsp3) is 0.478. The Balaban J connectivity index is 1.45. The second-order valence-electron chi connectivity index (χ2n) is 7.34. The summed E-state index contributed by atoms with van der Waals surface area (Å²) in [6.45, 7) is 9.69. The minimum Gasteiger partial charge on any atom is -0.497 e. The molecule has 0 aromatic heterocycles. The van der Waals surface area contributed by atoms with E-state index in [0.717, 1.165) is 50.6 Å². The number of benzene rings is 2. The monoisotopic (exact) mass is 382 g/mol. The van der Waals surface area contributed by atoms with E-state index in [4.69, 9.17) is 4.74 Å². The molecule has 0 amide bonds. The molecule has 0 atom stereocenters. The van der Waals surface area contributed by atoms with Crippen LogP contribution in [0.2, 0.25) is 0 Å². The molecule has 0 radical (unpaired) electrons. The Morgan fingerprint density at radius 2 is 1.61 bits per heavy atom. The molecule has 1 aliphatic heterocycles. The van der Waals surface area contributed by atoms with Crippen LogP contribution in [0.4, 0.5) is 5.69 Å². The number of anilines is 1. The van der Waals surface area contributed by atoms with Crippen molar-refractivity contribution in [3.63, 3.8) is 0 Å². The number of nitrogens with one attached hydrogen (secondary N) is 3. The molecule has 3 rings (SSSR count). The molecule has 0 unspecified atom stereocenters. The van der Waals surface area contributed by atoms with Crippen molar-refractivity contribution in [2.45, 2.75) is 32.5 Å². The topological polar surface area (TPSA) is 48.6 Å². The van der Waals surface area contributed by atoms with Gasteiger partial charge in [-0.3, -0.25) is 10.6 Å². The second kappa shape index (κ2) is 10.5. The van der Waals surface area contributed by atoms with E-state index in [0.29, 0.717) is 5.92 Å². The molecule has 1 saturated heterocycles. The minimum absolute atomic E-state index is 0.0935. The summed E-state index contributed by atoms with van der Waals surface area (Å²) >= 11 is 0. The molecule has 5 heteroatoms. The van der Waals surface area contributed by atoms with Gasteiger partial charge in [0.15, 0.2) is 0 Å². The van der Waals surface area contributed by atoms with Crippen LogP contribution in [0.1, 0.15) is 30.9 Å². The number of likely N-dealkylation sites (N-methyl/N-ethyl adjacent to an activating group) is 1. The molecule has 0 spiro atoms. The lowest BCUT2D eigenvalue weighted by atomic mass is 9.97. The number of rotatable bonds is 9. The van der Waals surface area contributed by atoms with Gasteiger partial charge in [0.05, 0.1) is 7.11 Å². The van der Waals surface area contributed by atoms with E-state index < -0.39 is 0 Å². The van der Waals surface area contributed by atoms with E-state index in [1.54, 1.807) is 7.11 Å². The van der Waals surface area contributed by atoms with Crippen LogP contribution in [0.3, 0.4) is 0 Å². The van der Waals surface area contributed by atoms with E-state index in [1.807, 2.05) is 12.1 Å². The zero-order chi connectivity index (χ0) is 19.8. The highest BCUT2D eigenvalue weighted by Gasteiger charge is 2.20. The molecule has 3 N–H and O–H groups in total. The first-order chi connectivity index (χ1) is 13.7. The van der Waals surface area contributed by atoms with Crippen LogP contribution < -0.4 is 20.7 Å². The van der Waals surface area contributed by atoms with Crippen LogP contribution in [0.5, 0.6) is 5.75 Å². The quantitative estimate of drug-likeness (QED) is 0.622. The van der Waals surface area contributed by atoms with Crippen molar-refractivity contribution in [2.24, 2.45) is 0 Å². The molecule has 152 valence electrons. The Labute approximate surface area is 169 Å². The molecular weight excluding hydrogens is 348 g/mol. The molecule has 2 aromatic rings. The van der Waals surface area contributed by atoms with Gasteiger partial charge in [-0.2, -0.15) is 0 Å². The van der Waals surface area contributed by atoms with Gasteiger partial charge < -0.3 is 15.0 Å². The highest BCUT2D eigenvalue weighted by Crippen LogP contribution is 2.20. The van der Waals surface area contributed by atoms with Gasteiger partial charge in [0.1, 0.15) is 12.0 Å². The van der Waals surface area contributed by atoms with Gasteiger partial charge in [0.25, 0.3) is 0 Å². The molecule has 1 heterocycles. The van der Waals surface area contributed by atoms with Crippen LogP contribution in [-0.2, 0) is 6.42 Å². The number of ether oxygens (including phenoxy) is 1. The van der Waals surface area contributed by atoms with E-state index in [9.17, 15) is 0 Å². The number of hydrogen-bond donors (Lipinski definition) is 3. The summed E-state index contributed by atoms with van der Waals surface area (Å²) in [5.41, 5.74) is 3.86. The largest absolute Gasteiger partial charge is 0.497 e.